The van der Waals surface area contributed by atoms with E-state index in [-0.39, 0.29) is 23.3 Å². The Labute approximate surface area is 135 Å². The first kappa shape index (κ1) is 19.0. The molecule has 0 aromatic rings. The molecule has 1 aliphatic carbocycles. The van der Waals surface area contributed by atoms with Crippen molar-refractivity contribution in [3.05, 3.63) is 0 Å². The highest BCUT2D eigenvalue weighted by Gasteiger charge is 2.34. The van der Waals surface area contributed by atoms with E-state index in [2.05, 4.69) is 26.1 Å². The molecule has 0 bridgehead atoms. The average molecular weight is 311 g/mol. The summed E-state index contributed by atoms with van der Waals surface area (Å²) in [6, 6.07) is 0. The van der Waals surface area contributed by atoms with E-state index >= 15 is 0 Å². The highest BCUT2D eigenvalue weighted by molar-refractivity contribution is 5.84. The Morgan fingerprint density at radius 3 is 1.91 bits per heavy atom. The Morgan fingerprint density at radius 1 is 1.00 bits per heavy atom. The first-order valence-electron chi connectivity index (χ1n) is 8.42. The molecule has 22 heavy (non-hydrogen) atoms. The smallest absolute Gasteiger partial charge is 0.309 e. The van der Waals surface area contributed by atoms with Gasteiger partial charge in [-0.1, -0.05) is 20.8 Å². The topological polar surface area (TPSA) is 55.4 Å². The second kappa shape index (κ2) is 7.01. The standard InChI is InChI=1S/C18H33NO3/c1-12(15(20)19-18(5,6)7)22-16(21)13-8-10-14(11-9-13)17(2,3)4/h12-14H,8-11H2,1-7H3,(H,19,20). The summed E-state index contributed by atoms with van der Waals surface area (Å²) in [4.78, 5) is 24.2. The summed E-state index contributed by atoms with van der Waals surface area (Å²) in [5, 5.41) is 2.84. The molecule has 4 nitrogen and oxygen atoms in total. The largest absolute Gasteiger partial charge is 0.452 e. The minimum Gasteiger partial charge on any atom is -0.452 e. The summed E-state index contributed by atoms with van der Waals surface area (Å²) in [6.45, 7) is 14.1. The van der Waals surface area contributed by atoms with Gasteiger partial charge in [-0.2, -0.15) is 0 Å². The molecule has 0 aromatic carbocycles. The molecule has 0 aromatic heterocycles. The molecule has 0 aliphatic heterocycles. The summed E-state index contributed by atoms with van der Waals surface area (Å²) in [7, 11) is 0. The number of rotatable bonds is 3. The fraction of sp³-hybridized carbons (Fsp3) is 0.889. The molecule has 1 atom stereocenters. The van der Waals surface area contributed by atoms with Crippen LogP contribution in [0.25, 0.3) is 0 Å². The minimum atomic E-state index is -0.730. The Kier molecular flexibility index (Phi) is 6.05. The van der Waals surface area contributed by atoms with Gasteiger partial charge in [-0.3, -0.25) is 9.59 Å². The third-order valence-corrected chi connectivity index (χ3v) is 4.45. The van der Waals surface area contributed by atoms with Crippen LogP contribution >= 0.6 is 0 Å². The maximum atomic E-state index is 12.2. The van der Waals surface area contributed by atoms with Crippen molar-refractivity contribution in [1.29, 1.82) is 0 Å². The second-order valence-electron chi connectivity index (χ2n) is 8.73. The zero-order valence-corrected chi connectivity index (χ0v) is 15.3. The molecule has 128 valence electrons. The third-order valence-electron chi connectivity index (χ3n) is 4.45. The monoisotopic (exact) mass is 311 g/mol. The normalized spacial score (nSPS) is 24.5. The number of nitrogens with one attached hydrogen (secondary N) is 1. The first-order valence-corrected chi connectivity index (χ1v) is 8.42. The Balaban J connectivity index is 2.45. The van der Waals surface area contributed by atoms with Gasteiger partial charge in [0.15, 0.2) is 6.10 Å². The van der Waals surface area contributed by atoms with Crippen LogP contribution in [0.2, 0.25) is 0 Å². The summed E-state index contributed by atoms with van der Waals surface area (Å²) in [6.07, 6.45) is 3.13. The fourth-order valence-electron chi connectivity index (χ4n) is 2.99. The van der Waals surface area contributed by atoms with Gasteiger partial charge in [-0.15, -0.1) is 0 Å². The highest BCUT2D eigenvalue weighted by Crippen LogP contribution is 2.40. The third kappa shape index (κ3) is 5.98. The molecule has 0 saturated heterocycles. The number of amides is 1. The summed E-state index contributed by atoms with van der Waals surface area (Å²) >= 11 is 0. The molecular formula is C18H33NO3. The van der Waals surface area contributed by atoms with Gasteiger partial charge in [0.05, 0.1) is 5.92 Å². The van der Waals surface area contributed by atoms with Gasteiger partial charge in [0.2, 0.25) is 0 Å². The molecular weight excluding hydrogens is 278 g/mol. The molecule has 0 heterocycles. The van der Waals surface area contributed by atoms with Gasteiger partial charge in [-0.05, 0) is 64.7 Å². The van der Waals surface area contributed by atoms with Crippen LogP contribution in [0.1, 0.15) is 74.1 Å². The van der Waals surface area contributed by atoms with Gasteiger partial charge in [0.25, 0.3) is 5.91 Å². The Morgan fingerprint density at radius 2 is 1.50 bits per heavy atom. The molecule has 1 aliphatic rings. The van der Waals surface area contributed by atoms with Gasteiger partial charge in [0, 0.05) is 5.54 Å². The van der Waals surface area contributed by atoms with Crippen molar-refractivity contribution >= 4 is 11.9 Å². The second-order valence-corrected chi connectivity index (χ2v) is 8.73. The van der Waals surface area contributed by atoms with E-state index in [4.69, 9.17) is 4.74 Å². The molecule has 1 unspecified atom stereocenters. The first-order chi connectivity index (χ1) is 9.90. The van der Waals surface area contributed by atoms with E-state index in [9.17, 15) is 9.59 Å². The van der Waals surface area contributed by atoms with Crippen molar-refractivity contribution in [2.45, 2.75) is 85.8 Å². The maximum Gasteiger partial charge on any atom is 0.309 e. The molecule has 1 saturated carbocycles. The van der Waals surface area contributed by atoms with Crippen LogP contribution in [-0.4, -0.2) is 23.5 Å². The molecule has 1 amide bonds. The summed E-state index contributed by atoms with van der Waals surface area (Å²) in [5.41, 5.74) is -0.0166. The number of hydrogen-bond donors (Lipinski definition) is 1. The number of carbonyl (C=O) groups is 2. The summed E-state index contributed by atoms with van der Waals surface area (Å²) < 4.78 is 5.37. The lowest BCUT2D eigenvalue weighted by atomic mass is 9.70. The van der Waals surface area contributed by atoms with E-state index in [1.165, 1.54) is 0 Å². The van der Waals surface area contributed by atoms with E-state index in [1.54, 1.807) is 6.92 Å². The Hall–Kier alpha value is -1.06. The zero-order chi connectivity index (χ0) is 17.1. The number of carbonyl (C=O) groups excluding carboxylic acids is 2. The molecule has 0 spiro atoms. The molecule has 1 N–H and O–H groups in total. The Bertz CT molecular complexity index is 396. The SMILES string of the molecule is CC(OC(=O)C1CCC(C(C)(C)C)CC1)C(=O)NC(C)(C)C. The van der Waals surface area contributed by atoms with E-state index in [0.717, 1.165) is 25.7 Å². The van der Waals surface area contributed by atoms with Gasteiger partial charge in [0.1, 0.15) is 0 Å². The quantitative estimate of drug-likeness (QED) is 0.809. The van der Waals surface area contributed by atoms with Crippen molar-refractivity contribution in [2.75, 3.05) is 0 Å². The van der Waals surface area contributed by atoms with Crippen LogP contribution in [0.4, 0.5) is 0 Å². The van der Waals surface area contributed by atoms with Crippen molar-refractivity contribution < 1.29 is 14.3 Å². The lowest BCUT2D eigenvalue weighted by molar-refractivity contribution is -0.160. The van der Waals surface area contributed by atoms with Crippen LogP contribution in [0.5, 0.6) is 0 Å². The molecule has 0 radical (unpaired) electrons. The van der Waals surface area contributed by atoms with Crippen LogP contribution < -0.4 is 5.32 Å². The lowest BCUT2D eigenvalue weighted by Gasteiger charge is -2.36. The van der Waals surface area contributed by atoms with Crippen molar-refractivity contribution in [1.82, 2.24) is 5.32 Å². The number of ether oxygens (including phenoxy) is 1. The fourth-order valence-corrected chi connectivity index (χ4v) is 2.99. The van der Waals surface area contributed by atoms with E-state index < -0.39 is 6.10 Å². The molecule has 1 fully saturated rings. The van der Waals surface area contributed by atoms with Crippen LogP contribution in [0.3, 0.4) is 0 Å². The summed E-state index contributed by atoms with van der Waals surface area (Å²) in [5.74, 6) is 0.162. The van der Waals surface area contributed by atoms with Crippen molar-refractivity contribution in [3.8, 4) is 0 Å². The van der Waals surface area contributed by atoms with Gasteiger partial charge in [-0.25, -0.2) is 0 Å². The van der Waals surface area contributed by atoms with E-state index in [0.29, 0.717) is 11.3 Å². The predicted octanol–water partition coefficient (Wildman–Crippen LogP) is 3.69. The maximum absolute atomic E-state index is 12.2. The molecule has 1 rings (SSSR count). The lowest BCUT2D eigenvalue weighted by Crippen LogP contribution is -2.46. The molecule has 4 heteroatoms. The van der Waals surface area contributed by atoms with Crippen LogP contribution in [0.15, 0.2) is 0 Å². The predicted molar refractivity (Wildman–Crippen MR) is 88.4 cm³/mol. The number of hydrogen-bond acceptors (Lipinski definition) is 3. The zero-order valence-electron chi connectivity index (χ0n) is 15.3. The van der Waals surface area contributed by atoms with E-state index in [1.807, 2.05) is 20.8 Å². The van der Waals surface area contributed by atoms with Crippen molar-refractivity contribution in [3.63, 3.8) is 0 Å². The average Bonchev–Trinajstić information content (AvgIpc) is 2.35. The number of esters is 1. The van der Waals surface area contributed by atoms with Gasteiger partial charge < -0.3 is 10.1 Å². The highest BCUT2D eigenvalue weighted by atomic mass is 16.5. The van der Waals surface area contributed by atoms with Gasteiger partial charge >= 0.3 is 5.97 Å². The van der Waals surface area contributed by atoms with Crippen LogP contribution in [-0.2, 0) is 14.3 Å². The van der Waals surface area contributed by atoms with Crippen molar-refractivity contribution in [2.24, 2.45) is 17.3 Å². The minimum absolute atomic E-state index is 0.0523. The van der Waals surface area contributed by atoms with Crippen LogP contribution in [0, 0.1) is 17.3 Å².